The van der Waals surface area contributed by atoms with E-state index in [1.165, 1.54) is 18.2 Å². The average Bonchev–Trinajstić information content (AvgIpc) is 2.80. The van der Waals surface area contributed by atoms with Crippen LogP contribution in [0.3, 0.4) is 0 Å². The molecule has 7 nitrogen and oxygen atoms in total. The first-order valence-electron chi connectivity index (χ1n) is 9.84. The van der Waals surface area contributed by atoms with Gasteiger partial charge in [0.25, 0.3) is 11.6 Å². The van der Waals surface area contributed by atoms with Crippen LogP contribution in [0, 0.1) is 10.1 Å². The van der Waals surface area contributed by atoms with Gasteiger partial charge in [0.05, 0.1) is 28.3 Å². The summed E-state index contributed by atoms with van der Waals surface area (Å²) in [5.74, 6) is 0.340. The van der Waals surface area contributed by atoms with Crippen molar-refractivity contribution >= 4 is 39.8 Å². The molecule has 3 aromatic carbocycles. The van der Waals surface area contributed by atoms with Crippen LogP contribution >= 0.6 is 11.6 Å². The highest BCUT2D eigenvalue weighted by atomic mass is 35.5. The first-order chi connectivity index (χ1) is 15.5. The number of fused-ring (bicyclic) bond motifs is 1. The first-order valence-corrected chi connectivity index (χ1v) is 10.2. The Balaban J connectivity index is 1.73. The number of rotatable bonds is 6. The second-order valence-corrected chi connectivity index (χ2v) is 7.31. The van der Waals surface area contributed by atoms with Crippen molar-refractivity contribution in [1.82, 2.24) is 4.98 Å². The van der Waals surface area contributed by atoms with Crippen molar-refractivity contribution in [1.29, 1.82) is 0 Å². The zero-order chi connectivity index (χ0) is 22.7. The SMILES string of the molecule is CCOc1ccc(-c2cc(C(=O)Nc3ccc(Cl)c([N+](=O)[O-])c3)c3ccccc3n2)cc1. The average molecular weight is 448 g/mol. The van der Waals surface area contributed by atoms with Crippen LogP contribution in [0.4, 0.5) is 11.4 Å². The summed E-state index contributed by atoms with van der Waals surface area (Å²) in [5, 5.41) is 14.6. The number of hydrogen-bond acceptors (Lipinski definition) is 5. The van der Waals surface area contributed by atoms with Crippen LogP contribution < -0.4 is 10.1 Å². The van der Waals surface area contributed by atoms with Gasteiger partial charge in [-0.15, -0.1) is 0 Å². The third kappa shape index (κ3) is 4.38. The van der Waals surface area contributed by atoms with E-state index in [0.29, 0.717) is 28.8 Å². The van der Waals surface area contributed by atoms with Crippen LogP contribution in [-0.4, -0.2) is 22.4 Å². The van der Waals surface area contributed by atoms with E-state index in [0.717, 1.165) is 11.3 Å². The van der Waals surface area contributed by atoms with Crippen molar-refractivity contribution in [2.75, 3.05) is 11.9 Å². The van der Waals surface area contributed by atoms with Crippen molar-refractivity contribution in [2.45, 2.75) is 6.92 Å². The highest BCUT2D eigenvalue weighted by Crippen LogP contribution is 2.29. The van der Waals surface area contributed by atoms with E-state index in [2.05, 4.69) is 5.32 Å². The maximum atomic E-state index is 13.2. The van der Waals surface area contributed by atoms with E-state index in [1.807, 2.05) is 55.5 Å². The van der Waals surface area contributed by atoms with Gasteiger partial charge in [0.2, 0.25) is 0 Å². The second kappa shape index (κ2) is 9.03. The Bertz CT molecular complexity index is 1320. The van der Waals surface area contributed by atoms with Gasteiger partial charge in [-0.1, -0.05) is 29.8 Å². The zero-order valence-corrected chi connectivity index (χ0v) is 17.8. The van der Waals surface area contributed by atoms with Crippen LogP contribution in [0.25, 0.3) is 22.2 Å². The standard InChI is InChI=1S/C24H18ClN3O4/c1-2-32-17-10-7-15(8-11-17)22-14-19(18-5-3-4-6-21(18)27-22)24(29)26-16-9-12-20(25)23(13-16)28(30)31/h3-14H,2H2,1H3,(H,26,29). The Labute approximate surface area is 188 Å². The topological polar surface area (TPSA) is 94.4 Å². The minimum absolute atomic E-state index is 0.000135. The molecule has 0 fully saturated rings. The number of benzene rings is 3. The lowest BCUT2D eigenvalue weighted by Gasteiger charge is -2.11. The summed E-state index contributed by atoms with van der Waals surface area (Å²) >= 11 is 5.87. The van der Waals surface area contributed by atoms with E-state index in [4.69, 9.17) is 21.3 Å². The predicted octanol–water partition coefficient (Wildman–Crippen LogP) is 6.11. The van der Waals surface area contributed by atoms with Gasteiger partial charge in [0.15, 0.2) is 0 Å². The smallest absolute Gasteiger partial charge is 0.289 e. The zero-order valence-electron chi connectivity index (χ0n) is 17.0. The summed E-state index contributed by atoms with van der Waals surface area (Å²) in [6.45, 7) is 2.49. The fourth-order valence-corrected chi connectivity index (χ4v) is 3.52. The molecule has 0 unspecified atom stereocenters. The number of ether oxygens (including phenoxy) is 1. The lowest BCUT2D eigenvalue weighted by Crippen LogP contribution is -2.13. The van der Waals surface area contributed by atoms with Crippen LogP contribution in [-0.2, 0) is 0 Å². The Hall–Kier alpha value is -3.97. The number of nitro groups is 1. The molecule has 4 aromatic rings. The Morgan fingerprint density at radius 2 is 1.84 bits per heavy atom. The summed E-state index contributed by atoms with van der Waals surface area (Å²) in [6, 6.07) is 20.6. The fourth-order valence-electron chi connectivity index (χ4n) is 3.33. The number of carbonyl (C=O) groups excluding carboxylic acids is 1. The molecule has 1 heterocycles. The molecule has 0 radical (unpaired) electrons. The highest BCUT2D eigenvalue weighted by Gasteiger charge is 2.17. The molecule has 0 spiro atoms. The summed E-state index contributed by atoms with van der Waals surface area (Å²) in [7, 11) is 0. The molecule has 160 valence electrons. The van der Waals surface area contributed by atoms with Crippen LogP contribution in [0.5, 0.6) is 5.75 Å². The third-order valence-corrected chi connectivity index (χ3v) is 5.14. The van der Waals surface area contributed by atoms with Gasteiger partial charge in [-0.2, -0.15) is 0 Å². The van der Waals surface area contributed by atoms with Crippen LogP contribution in [0.2, 0.25) is 5.02 Å². The predicted molar refractivity (Wildman–Crippen MR) is 124 cm³/mol. The van der Waals surface area contributed by atoms with Crippen LogP contribution in [0.15, 0.2) is 72.8 Å². The van der Waals surface area contributed by atoms with Crippen molar-refractivity contribution < 1.29 is 14.5 Å². The van der Waals surface area contributed by atoms with Gasteiger partial charge in [-0.3, -0.25) is 14.9 Å². The molecule has 0 saturated heterocycles. The molecule has 1 amide bonds. The molecule has 0 bridgehead atoms. The Kier molecular flexibility index (Phi) is 6.00. The fraction of sp³-hybridized carbons (Fsp3) is 0.0833. The molecule has 8 heteroatoms. The lowest BCUT2D eigenvalue weighted by molar-refractivity contribution is -0.384. The Morgan fingerprint density at radius 3 is 2.56 bits per heavy atom. The molecule has 0 aliphatic carbocycles. The Morgan fingerprint density at radius 1 is 1.09 bits per heavy atom. The van der Waals surface area contributed by atoms with Crippen molar-refractivity contribution in [2.24, 2.45) is 0 Å². The number of para-hydroxylation sites is 1. The molecule has 32 heavy (non-hydrogen) atoms. The van der Waals surface area contributed by atoms with Gasteiger partial charge in [-0.05, 0) is 55.5 Å². The molecule has 1 aromatic heterocycles. The third-order valence-electron chi connectivity index (χ3n) is 4.82. The summed E-state index contributed by atoms with van der Waals surface area (Å²) in [4.78, 5) is 28.4. The number of aromatic nitrogens is 1. The summed E-state index contributed by atoms with van der Waals surface area (Å²) in [5.41, 5.74) is 2.51. The number of carbonyl (C=O) groups is 1. The first kappa shape index (κ1) is 21.3. The van der Waals surface area contributed by atoms with Crippen molar-refractivity contribution in [3.8, 4) is 17.0 Å². The number of nitrogens with zero attached hydrogens (tertiary/aromatic N) is 2. The number of pyridine rings is 1. The number of amides is 1. The molecule has 1 N–H and O–H groups in total. The summed E-state index contributed by atoms with van der Waals surface area (Å²) < 4.78 is 5.49. The quantitative estimate of drug-likeness (QED) is 0.284. The molecule has 0 aliphatic heterocycles. The minimum Gasteiger partial charge on any atom is -0.494 e. The molecule has 0 saturated carbocycles. The highest BCUT2D eigenvalue weighted by molar-refractivity contribution is 6.32. The van der Waals surface area contributed by atoms with E-state index < -0.39 is 10.8 Å². The molecular formula is C24H18ClN3O4. The molecular weight excluding hydrogens is 430 g/mol. The monoisotopic (exact) mass is 447 g/mol. The maximum absolute atomic E-state index is 13.2. The van der Waals surface area contributed by atoms with Crippen molar-refractivity contribution in [3.63, 3.8) is 0 Å². The van der Waals surface area contributed by atoms with Crippen molar-refractivity contribution in [3.05, 3.63) is 93.5 Å². The van der Waals surface area contributed by atoms with Gasteiger partial charge in [0, 0.05) is 22.7 Å². The maximum Gasteiger partial charge on any atom is 0.289 e. The number of nitrogens with one attached hydrogen (secondary N) is 1. The number of nitro benzene ring substituents is 1. The molecule has 4 rings (SSSR count). The van der Waals surface area contributed by atoms with E-state index in [9.17, 15) is 14.9 Å². The number of halogens is 1. The van der Waals surface area contributed by atoms with Gasteiger partial charge >= 0.3 is 0 Å². The van der Waals surface area contributed by atoms with Gasteiger partial charge in [-0.25, -0.2) is 4.98 Å². The number of anilines is 1. The normalized spacial score (nSPS) is 10.7. The second-order valence-electron chi connectivity index (χ2n) is 6.91. The van der Waals surface area contributed by atoms with Gasteiger partial charge in [0.1, 0.15) is 10.8 Å². The molecule has 0 aliphatic rings. The lowest BCUT2D eigenvalue weighted by atomic mass is 10.0. The van der Waals surface area contributed by atoms with E-state index >= 15 is 0 Å². The van der Waals surface area contributed by atoms with Gasteiger partial charge < -0.3 is 10.1 Å². The van der Waals surface area contributed by atoms with Crippen LogP contribution in [0.1, 0.15) is 17.3 Å². The minimum atomic E-state index is -0.593. The molecule has 0 atom stereocenters. The van der Waals surface area contributed by atoms with E-state index in [1.54, 1.807) is 6.07 Å². The number of hydrogen-bond donors (Lipinski definition) is 1. The summed E-state index contributed by atoms with van der Waals surface area (Å²) in [6.07, 6.45) is 0. The largest absolute Gasteiger partial charge is 0.494 e. The van der Waals surface area contributed by atoms with E-state index in [-0.39, 0.29) is 16.4 Å².